The summed E-state index contributed by atoms with van der Waals surface area (Å²) in [5.74, 6) is 0.678. The van der Waals surface area contributed by atoms with Gasteiger partial charge in [-0.25, -0.2) is 0 Å². The van der Waals surface area contributed by atoms with Crippen molar-refractivity contribution >= 4 is 11.6 Å². The number of ether oxygens (including phenoxy) is 1. The van der Waals surface area contributed by atoms with Crippen molar-refractivity contribution in [3.8, 4) is 0 Å². The van der Waals surface area contributed by atoms with E-state index in [-0.39, 0.29) is 0 Å². The van der Waals surface area contributed by atoms with Crippen LogP contribution in [0.3, 0.4) is 0 Å². The van der Waals surface area contributed by atoms with E-state index in [9.17, 15) is 0 Å². The molecule has 0 bridgehead atoms. The number of halogens is 1. The standard InChI is InChI=1S/C15H26ClN3O/c1-4-6-17-13(8-12-5-7-20-10-12)9-14-15(16)11(2)18-19(14)3/h12-13,17H,4-10H2,1-3H3. The van der Waals surface area contributed by atoms with Crippen molar-refractivity contribution in [3.05, 3.63) is 16.4 Å². The summed E-state index contributed by atoms with van der Waals surface area (Å²) < 4.78 is 7.41. The Bertz CT molecular complexity index is 427. The number of nitrogens with one attached hydrogen (secondary N) is 1. The molecule has 2 atom stereocenters. The smallest absolute Gasteiger partial charge is 0.0847 e. The van der Waals surface area contributed by atoms with Gasteiger partial charge in [-0.3, -0.25) is 4.68 Å². The summed E-state index contributed by atoms with van der Waals surface area (Å²) in [7, 11) is 1.98. The van der Waals surface area contributed by atoms with E-state index in [1.165, 1.54) is 6.42 Å². The highest BCUT2D eigenvalue weighted by molar-refractivity contribution is 6.31. The molecule has 1 aromatic heterocycles. The van der Waals surface area contributed by atoms with E-state index in [1.54, 1.807) is 0 Å². The first kappa shape index (κ1) is 15.8. The minimum atomic E-state index is 0.453. The lowest BCUT2D eigenvalue weighted by Gasteiger charge is -2.21. The number of rotatable bonds is 7. The second-order valence-electron chi connectivity index (χ2n) is 5.79. The first-order valence-electron chi connectivity index (χ1n) is 7.60. The third-order valence-electron chi connectivity index (χ3n) is 4.03. The van der Waals surface area contributed by atoms with Crippen molar-refractivity contribution in [2.75, 3.05) is 19.8 Å². The van der Waals surface area contributed by atoms with Gasteiger partial charge < -0.3 is 10.1 Å². The van der Waals surface area contributed by atoms with Gasteiger partial charge in [-0.2, -0.15) is 5.10 Å². The lowest BCUT2D eigenvalue weighted by Crippen LogP contribution is -2.34. The second-order valence-corrected chi connectivity index (χ2v) is 6.17. The van der Waals surface area contributed by atoms with Crippen LogP contribution >= 0.6 is 11.6 Å². The second kappa shape index (κ2) is 7.43. The summed E-state index contributed by atoms with van der Waals surface area (Å²) in [6.45, 7) is 7.03. The molecule has 1 fully saturated rings. The van der Waals surface area contributed by atoms with Crippen LogP contribution < -0.4 is 5.32 Å². The summed E-state index contributed by atoms with van der Waals surface area (Å²) >= 11 is 6.37. The molecule has 2 rings (SSSR count). The third kappa shape index (κ3) is 3.96. The van der Waals surface area contributed by atoms with Crippen molar-refractivity contribution in [3.63, 3.8) is 0 Å². The minimum Gasteiger partial charge on any atom is -0.381 e. The normalized spacial score (nSPS) is 20.5. The molecule has 0 aromatic carbocycles. The largest absolute Gasteiger partial charge is 0.381 e. The fourth-order valence-electron chi connectivity index (χ4n) is 2.89. The van der Waals surface area contributed by atoms with Crippen molar-refractivity contribution in [1.82, 2.24) is 15.1 Å². The Morgan fingerprint density at radius 1 is 1.55 bits per heavy atom. The molecule has 4 nitrogen and oxygen atoms in total. The number of hydrogen-bond donors (Lipinski definition) is 1. The summed E-state index contributed by atoms with van der Waals surface area (Å²) in [6.07, 6.45) is 4.42. The van der Waals surface area contributed by atoms with Crippen LogP contribution in [0.5, 0.6) is 0 Å². The van der Waals surface area contributed by atoms with Crippen LogP contribution in [0, 0.1) is 12.8 Å². The molecule has 0 aliphatic carbocycles. The Labute approximate surface area is 126 Å². The molecule has 0 radical (unpaired) electrons. The molecule has 20 heavy (non-hydrogen) atoms. The minimum absolute atomic E-state index is 0.453. The molecular weight excluding hydrogens is 274 g/mol. The molecule has 0 saturated carbocycles. The van der Waals surface area contributed by atoms with Crippen LogP contribution in [0.25, 0.3) is 0 Å². The molecule has 0 spiro atoms. The molecule has 114 valence electrons. The van der Waals surface area contributed by atoms with Gasteiger partial charge in [0.25, 0.3) is 0 Å². The van der Waals surface area contributed by atoms with Crippen LogP contribution in [0.2, 0.25) is 5.02 Å². The van der Waals surface area contributed by atoms with Crippen LogP contribution in [-0.2, 0) is 18.2 Å². The third-order valence-corrected chi connectivity index (χ3v) is 4.52. The number of aromatic nitrogens is 2. The van der Waals surface area contributed by atoms with E-state index < -0.39 is 0 Å². The lowest BCUT2D eigenvalue weighted by atomic mass is 9.96. The Kier molecular flexibility index (Phi) is 5.87. The number of hydrogen-bond acceptors (Lipinski definition) is 3. The van der Waals surface area contributed by atoms with Gasteiger partial charge >= 0.3 is 0 Å². The van der Waals surface area contributed by atoms with Gasteiger partial charge in [-0.05, 0) is 38.6 Å². The summed E-state index contributed by atoms with van der Waals surface area (Å²) in [4.78, 5) is 0. The zero-order valence-electron chi connectivity index (χ0n) is 12.8. The van der Waals surface area contributed by atoms with E-state index in [1.807, 2.05) is 18.7 Å². The van der Waals surface area contributed by atoms with Crippen LogP contribution in [0.4, 0.5) is 0 Å². The summed E-state index contributed by atoms with van der Waals surface area (Å²) in [5.41, 5.74) is 2.05. The first-order chi connectivity index (χ1) is 9.61. The monoisotopic (exact) mass is 299 g/mol. The molecule has 0 amide bonds. The van der Waals surface area contributed by atoms with Gasteiger partial charge in [0.05, 0.1) is 16.4 Å². The van der Waals surface area contributed by atoms with Gasteiger partial charge in [0.2, 0.25) is 0 Å². The van der Waals surface area contributed by atoms with Crippen molar-refractivity contribution in [1.29, 1.82) is 0 Å². The molecule has 1 N–H and O–H groups in total. The molecule has 1 aliphatic rings. The maximum Gasteiger partial charge on any atom is 0.0847 e. The van der Waals surface area contributed by atoms with E-state index >= 15 is 0 Å². The topological polar surface area (TPSA) is 39.1 Å². The van der Waals surface area contributed by atoms with Gasteiger partial charge in [0.1, 0.15) is 0 Å². The lowest BCUT2D eigenvalue weighted by molar-refractivity contribution is 0.181. The maximum atomic E-state index is 6.37. The van der Waals surface area contributed by atoms with Gasteiger partial charge in [0, 0.05) is 32.7 Å². The SMILES string of the molecule is CCCNC(Cc1c(Cl)c(C)nn1C)CC1CCOC1. The average Bonchev–Trinajstić information content (AvgIpc) is 3.00. The highest BCUT2D eigenvalue weighted by atomic mass is 35.5. The molecule has 1 aromatic rings. The summed E-state index contributed by atoms with van der Waals surface area (Å²) in [5, 5.41) is 8.88. The zero-order valence-corrected chi connectivity index (χ0v) is 13.5. The first-order valence-corrected chi connectivity index (χ1v) is 7.98. The Morgan fingerprint density at radius 3 is 2.90 bits per heavy atom. The van der Waals surface area contributed by atoms with Gasteiger partial charge in [0.15, 0.2) is 0 Å². The number of nitrogens with zero attached hydrogens (tertiary/aromatic N) is 2. The van der Waals surface area contributed by atoms with E-state index in [0.29, 0.717) is 12.0 Å². The molecular formula is C15H26ClN3O. The predicted octanol–water partition coefficient (Wildman–Crippen LogP) is 2.72. The van der Waals surface area contributed by atoms with Crippen LogP contribution in [-0.4, -0.2) is 35.6 Å². The maximum absolute atomic E-state index is 6.37. The molecule has 2 heterocycles. The van der Waals surface area contributed by atoms with E-state index in [2.05, 4.69) is 17.3 Å². The van der Waals surface area contributed by atoms with Crippen molar-refractivity contribution in [2.45, 2.75) is 45.6 Å². The Balaban J connectivity index is 2.01. The fraction of sp³-hybridized carbons (Fsp3) is 0.800. The molecule has 5 heteroatoms. The quantitative estimate of drug-likeness (QED) is 0.841. The predicted molar refractivity (Wildman–Crippen MR) is 82.3 cm³/mol. The van der Waals surface area contributed by atoms with E-state index in [4.69, 9.17) is 16.3 Å². The van der Waals surface area contributed by atoms with Crippen molar-refractivity contribution < 1.29 is 4.74 Å². The number of aryl methyl sites for hydroxylation is 2. The fourth-order valence-corrected chi connectivity index (χ4v) is 3.13. The average molecular weight is 300 g/mol. The highest BCUT2D eigenvalue weighted by Crippen LogP contribution is 2.24. The van der Waals surface area contributed by atoms with Crippen LogP contribution in [0.1, 0.15) is 37.6 Å². The highest BCUT2D eigenvalue weighted by Gasteiger charge is 2.23. The Hall–Kier alpha value is -0.580. The molecule has 2 unspecified atom stereocenters. The Morgan fingerprint density at radius 2 is 2.35 bits per heavy atom. The van der Waals surface area contributed by atoms with Gasteiger partial charge in [-0.1, -0.05) is 18.5 Å². The van der Waals surface area contributed by atoms with Crippen LogP contribution in [0.15, 0.2) is 0 Å². The zero-order chi connectivity index (χ0) is 14.5. The van der Waals surface area contributed by atoms with E-state index in [0.717, 1.165) is 55.4 Å². The van der Waals surface area contributed by atoms with Gasteiger partial charge in [-0.15, -0.1) is 0 Å². The summed E-state index contributed by atoms with van der Waals surface area (Å²) in [6, 6.07) is 0.453. The van der Waals surface area contributed by atoms with Crippen molar-refractivity contribution in [2.24, 2.45) is 13.0 Å². The molecule has 1 saturated heterocycles. The molecule has 1 aliphatic heterocycles.